The van der Waals surface area contributed by atoms with Crippen LogP contribution >= 0.6 is 0 Å². The number of benzene rings is 1. The molecule has 3 aliphatic rings. The molecule has 1 aliphatic carbocycles. The highest BCUT2D eigenvalue weighted by molar-refractivity contribution is 6.11. The van der Waals surface area contributed by atoms with E-state index in [1.165, 1.54) is 0 Å². The molecule has 3 unspecified atom stereocenters. The first-order valence-electron chi connectivity index (χ1n) is 11.7. The van der Waals surface area contributed by atoms with Gasteiger partial charge in [0.05, 0.1) is 31.8 Å². The van der Waals surface area contributed by atoms with Gasteiger partial charge in [0, 0.05) is 18.7 Å². The Kier molecular flexibility index (Phi) is 6.74. The minimum Gasteiger partial charge on any atom is -0.493 e. The molecule has 2 heterocycles. The van der Waals surface area contributed by atoms with E-state index in [0.717, 1.165) is 50.9 Å². The van der Waals surface area contributed by atoms with Crippen molar-refractivity contribution in [3.63, 3.8) is 0 Å². The lowest BCUT2D eigenvalue weighted by atomic mass is 9.77. The molecule has 1 aromatic carbocycles. The molecule has 4 rings (SSSR count). The van der Waals surface area contributed by atoms with Gasteiger partial charge in [0.25, 0.3) is 5.91 Å². The van der Waals surface area contributed by atoms with Gasteiger partial charge in [0.15, 0.2) is 23.0 Å². The topological polar surface area (TPSA) is 68.3 Å². The fourth-order valence-electron chi connectivity index (χ4n) is 5.36. The van der Waals surface area contributed by atoms with Gasteiger partial charge in [0.2, 0.25) is 0 Å². The van der Waals surface area contributed by atoms with Gasteiger partial charge in [-0.05, 0) is 38.4 Å². The van der Waals surface area contributed by atoms with Crippen LogP contribution in [0.4, 0.5) is 0 Å². The summed E-state index contributed by atoms with van der Waals surface area (Å²) in [7, 11) is 3.18. The monoisotopic (exact) mass is 442 g/mol. The van der Waals surface area contributed by atoms with Gasteiger partial charge in [-0.25, -0.2) is 0 Å². The number of carbonyl (C=O) groups is 2. The van der Waals surface area contributed by atoms with Crippen LogP contribution in [0.2, 0.25) is 0 Å². The maximum atomic E-state index is 13.7. The zero-order valence-corrected chi connectivity index (χ0v) is 19.6. The number of hydrogen-bond acceptors (Lipinski definition) is 6. The van der Waals surface area contributed by atoms with Crippen molar-refractivity contribution >= 4 is 11.7 Å². The Balaban J connectivity index is 1.79. The number of Topliss-reactive ketones (excluding diaryl/α,β-unsaturated/α-hetero) is 1. The fourth-order valence-corrected chi connectivity index (χ4v) is 5.36. The molecule has 32 heavy (non-hydrogen) atoms. The molecule has 0 N–H and O–H groups in total. The third kappa shape index (κ3) is 3.76. The minimum absolute atomic E-state index is 0.0597. The summed E-state index contributed by atoms with van der Waals surface area (Å²) in [5, 5.41) is 0. The number of carbonyl (C=O) groups excluding carboxylic acids is 2. The van der Waals surface area contributed by atoms with Gasteiger partial charge in [0.1, 0.15) is 6.10 Å². The highest BCUT2D eigenvalue weighted by Gasteiger charge is 2.52. The number of fused-ring (bicyclic) bond motifs is 1. The number of rotatable bonds is 8. The van der Waals surface area contributed by atoms with Gasteiger partial charge in [-0.1, -0.05) is 32.4 Å². The van der Waals surface area contributed by atoms with E-state index < -0.39 is 6.04 Å². The largest absolute Gasteiger partial charge is 0.493 e. The van der Waals surface area contributed by atoms with Crippen LogP contribution in [0.1, 0.15) is 51.1 Å². The third-order valence-electron chi connectivity index (χ3n) is 7.14. The molecule has 1 aromatic rings. The molecule has 2 aliphatic heterocycles. The summed E-state index contributed by atoms with van der Waals surface area (Å²) in [6, 6.07) is 5.08. The van der Waals surface area contributed by atoms with E-state index in [9.17, 15) is 9.59 Å². The first-order valence-corrected chi connectivity index (χ1v) is 11.7. The van der Waals surface area contributed by atoms with Crippen molar-refractivity contribution in [1.82, 2.24) is 9.80 Å². The lowest BCUT2D eigenvalue weighted by Crippen LogP contribution is -2.39. The number of likely N-dealkylation sites (N-methyl/N-ethyl adjacent to an activating group) is 1. The number of para-hydroxylation sites is 1. The summed E-state index contributed by atoms with van der Waals surface area (Å²) in [6.07, 6.45) is 3.51. The molecule has 1 fully saturated rings. The van der Waals surface area contributed by atoms with E-state index in [1.54, 1.807) is 19.1 Å². The lowest BCUT2D eigenvalue weighted by molar-refractivity contribution is -0.135. The van der Waals surface area contributed by atoms with Crippen LogP contribution in [0.3, 0.4) is 0 Å². The van der Waals surface area contributed by atoms with Crippen molar-refractivity contribution in [2.24, 2.45) is 5.92 Å². The maximum absolute atomic E-state index is 13.7. The third-order valence-corrected chi connectivity index (χ3v) is 7.14. The molecule has 0 radical (unpaired) electrons. The number of methoxy groups -OCH3 is 2. The Morgan fingerprint density at radius 1 is 1.09 bits per heavy atom. The summed E-state index contributed by atoms with van der Waals surface area (Å²) in [5.41, 5.74) is 1.25. The van der Waals surface area contributed by atoms with E-state index >= 15 is 0 Å². The van der Waals surface area contributed by atoms with Crippen LogP contribution < -0.4 is 9.47 Å². The minimum atomic E-state index is -0.534. The van der Waals surface area contributed by atoms with Crippen LogP contribution in [0.25, 0.3) is 0 Å². The molecular weight excluding hydrogens is 408 g/mol. The normalized spacial score (nSPS) is 25.0. The first kappa shape index (κ1) is 22.6. The van der Waals surface area contributed by atoms with E-state index in [1.807, 2.05) is 18.2 Å². The molecule has 0 spiro atoms. The highest BCUT2D eigenvalue weighted by Crippen LogP contribution is 2.49. The summed E-state index contributed by atoms with van der Waals surface area (Å²) in [5.74, 6) is 1.07. The van der Waals surface area contributed by atoms with Crippen LogP contribution in [0.5, 0.6) is 11.5 Å². The zero-order chi connectivity index (χ0) is 22.8. The van der Waals surface area contributed by atoms with Gasteiger partial charge in [-0.2, -0.15) is 0 Å². The second kappa shape index (κ2) is 9.53. The second-order valence-electron chi connectivity index (χ2n) is 8.67. The average molecular weight is 443 g/mol. The first-order chi connectivity index (χ1) is 15.5. The number of ketones is 1. The van der Waals surface area contributed by atoms with Crippen molar-refractivity contribution in [2.45, 2.75) is 51.7 Å². The SMILES string of the molecule is CCN(CC)CCN1C(=O)C2=C(C(=O)C3CCCCC3O2)C1c1cccc(OC)c1OC. The van der Waals surface area contributed by atoms with Gasteiger partial charge < -0.3 is 24.0 Å². The van der Waals surface area contributed by atoms with Crippen molar-refractivity contribution in [1.29, 1.82) is 0 Å². The molecule has 7 nitrogen and oxygen atoms in total. The molecule has 7 heteroatoms. The van der Waals surface area contributed by atoms with Gasteiger partial charge in [-0.3, -0.25) is 9.59 Å². The number of ether oxygens (including phenoxy) is 3. The molecule has 1 saturated carbocycles. The molecular formula is C25H34N2O5. The standard InChI is InChI=1S/C25H34N2O5/c1-5-26(6-2)14-15-27-21(17-11-9-13-19(30-3)23(17)31-4)20-22(28)16-10-7-8-12-18(16)32-24(20)25(27)29/h9,11,13,16,18,21H,5-8,10,12,14-15H2,1-4H3. The number of hydrogen-bond donors (Lipinski definition) is 0. The van der Waals surface area contributed by atoms with Crippen LogP contribution in [0.15, 0.2) is 29.5 Å². The molecule has 0 saturated heterocycles. The highest BCUT2D eigenvalue weighted by atomic mass is 16.5. The number of amides is 1. The van der Waals surface area contributed by atoms with Crippen LogP contribution in [-0.2, 0) is 14.3 Å². The van der Waals surface area contributed by atoms with Gasteiger partial charge in [-0.15, -0.1) is 0 Å². The summed E-state index contributed by atoms with van der Waals surface area (Å²) in [4.78, 5) is 31.4. The van der Waals surface area contributed by atoms with Crippen LogP contribution in [0, 0.1) is 5.92 Å². The van der Waals surface area contributed by atoms with Crippen molar-refractivity contribution in [3.05, 3.63) is 35.1 Å². The Morgan fingerprint density at radius 3 is 2.53 bits per heavy atom. The van der Waals surface area contributed by atoms with Gasteiger partial charge >= 0.3 is 0 Å². The summed E-state index contributed by atoms with van der Waals surface area (Å²) in [6.45, 7) is 7.25. The Bertz CT molecular complexity index is 908. The van der Waals surface area contributed by atoms with Crippen molar-refractivity contribution in [3.8, 4) is 11.5 Å². The smallest absolute Gasteiger partial charge is 0.290 e. The molecule has 0 aromatic heterocycles. The predicted octanol–water partition coefficient (Wildman–Crippen LogP) is 3.34. The maximum Gasteiger partial charge on any atom is 0.290 e. The fraction of sp³-hybridized carbons (Fsp3) is 0.600. The zero-order valence-electron chi connectivity index (χ0n) is 19.6. The van der Waals surface area contributed by atoms with E-state index in [2.05, 4.69) is 18.7 Å². The van der Waals surface area contributed by atoms with Crippen molar-refractivity contribution in [2.75, 3.05) is 40.4 Å². The molecule has 1 amide bonds. The lowest BCUT2D eigenvalue weighted by Gasteiger charge is -2.35. The Morgan fingerprint density at radius 2 is 1.84 bits per heavy atom. The van der Waals surface area contributed by atoms with Crippen LogP contribution in [-0.4, -0.2) is 68.0 Å². The molecule has 3 atom stereocenters. The summed E-state index contributed by atoms with van der Waals surface area (Å²) >= 11 is 0. The Hall–Kier alpha value is -2.54. The average Bonchev–Trinajstić information content (AvgIpc) is 3.11. The van der Waals surface area contributed by atoms with E-state index in [-0.39, 0.29) is 29.5 Å². The number of nitrogens with zero attached hydrogens (tertiary/aromatic N) is 2. The van der Waals surface area contributed by atoms with E-state index in [0.29, 0.717) is 23.6 Å². The Labute approximate surface area is 190 Å². The van der Waals surface area contributed by atoms with Crippen molar-refractivity contribution < 1.29 is 23.8 Å². The molecule has 0 bridgehead atoms. The molecule has 174 valence electrons. The quantitative estimate of drug-likeness (QED) is 0.615. The van der Waals surface area contributed by atoms with E-state index in [4.69, 9.17) is 14.2 Å². The second-order valence-corrected chi connectivity index (χ2v) is 8.67. The predicted molar refractivity (Wildman–Crippen MR) is 121 cm³/mol. The summed E-state index contributed by atoms with van der Waals surface area (Å²) < 4.78 is 17.5.